The fraction of sp³-hybridized carbons (Fsp3) is 0. The molecule has 0 saturated carbocycles. The first-order valence-corrected chi connectivity index (χ1v) is 3.74. The maximum Gasteiger partial charge on any atom is 0.159 e. The largest absolute Gasteiger partial charge is 0.344 e. The van der Waals surface area contributed by atoms with Crippen LogP contribution in [0.3, 0.4) is 0 Å². The molecule has 0 aliphatic carbocycles. The molecule has 0 amide bonds. The average molecular weight is 173 g/mol. The van der Waals surface area contributed by atoms with Gasteiger partial charge in [-0.25, -0.2) is 9.97 Å². The summed E-state index contributed by atoms with van der Waals surface area (Å²) in [6, 6.07) is 7.81. The van der Waals surface area contributed by atoms with Crippen LogP contribution in [0, 0.1) is 0 Å². The van der Waals surface area contributed by atoms with E-state index < -0.39 is 0 Å². The number of fused-ring (bicyclic) bond motifs is 1. The zero-order valence-electron chi connectivity index (χ0n) is 7.27. The Labute approximate surface area is 76.7 Å². The summed E-state index contributed by atoms with van der Waals surface area (Å²) in [7, 11) is 0. The summed E-state index contributed by atoms with van der Waals surface area (Å²) in [5, 5.41) is 1.06. The Bertz CT molecular complexity index is 423. The first-order valence-electron chi connectivity index (χ1n) is 3.74. The van der Waals surface area contributed by atoms with Crippen molar-refractivity contribution in [2.75, 3.05) is 0 Å². The minimum atomic E-state index is 0. The molecule has 13 heavy (non-hydrogen) atoms. The predicted octanol–water partition coefficient (Wildman–Crippen LogP) is 2.43. The van der Waals surface area contributed by atoms with Gasteiger partial charge in [-0.3, -0.25) is 0 Å². The Morgan fingerprint density at radius 3 is 2.85 bits per heavy atom. The maximum absolute atomic E-state index is 4.26. The second-order valence-corrected chi connectivity index (χ2v) is 2.49. The standard InChI is InChI=1S/C10H8N2.H3N/c1-2-9-6-5-8-4-3-7-11-10(8)12-9;/h2-7H,1H2;1H3. The summed E-state index contributed by atoms with van der Waals surface area (Å²) >= 11 is 0. The number of nitrogens with zero attached hydrogens (tertiary/aromatic N) is 2. The van der Waals surface area contributed by atoms with Crippen LogP contribution in [-0.2, 0) is 0 Å². The summed E-state index contributed by atoms with van der Waals surface area (Å²) in [6.07, 6.45) is 3.45. The highest BCUT2D eigenvalue weighted by Gasteiger charge is 1.93. The van der Waals surface area contributed by atoms with Crippen molar-refractivity contribution in [3.05, 3.63) is 42.7 Å². The molecule has 0 aliphatic heterocycles. The van der Waals surface area contributed by atoms with E-state index in [1.54, 1.807) is 12.3 Å². The summed E-state index contributed by atoms with van der Waals surface area (Å²) in [5.41, 5.74) is 1.64. The van der Waals surface area contributed by atoms with Crippen molar-refractivity contribution in [2.24, 2.45) is 0 Å². The van der Waals surface area contributed by atoms with Gasteiger partial charge in [0.2, 0.25) is 0 Å². The molecule has 3 nitrogen and oxygen atoms in total. The molecule has 2 aromatic heterocycles. The van der Waals surface area contributed by atoms with Crippen molar-refractivity contribution in [2.45, 2.75) is 0 Å². The van der Waals surface area contributed by atoms with Gasteiger partial charge in [0.1, 0.15) is 0 Å². The zero-order valence-corrected chi connectivity index (χ0v) is 7.27. The van der Waals surface area contributed by atoms with E-state index in [2.05, 4.69) is 16.5 Å². The van der Waals surface area contributed by atoms with Crippen molar-refractivity contribution in [1.29, 1.82) is 0 Å². The fourth-order valence-electron chi connectivity index (χ4n) is 1.08. The fourth-order valence-corrected chi connectivity index (χ4v) is 1.08. The van der Waals surface area contributed by atoms with Crippen LogP contribution in [0.4, 0.5) is 0 Å². The summed E-state index contributed by atoms with van der Waals surface area (Å²) in [4.78, 5) is 8.40. The zero-order chi connectivity index (χ0) is 8.39. The van der Waals surface area contributed by atoms with Gasteiger partial charge in [0, 0.05) is 11.6 Å². The van der Waals surface area contributed by atoms with E-state index in [0.717, 1.165) is 16.7 Å². The highest BCUT2D eigenvalue weighted by molar-refractivity contribution is 5.75. The van der Waals surface area contributed by atoms with Crippen LogP contribution in [0.5, 0.6) is 0 Å². The molecule has 0 atom stereocenters. The average Bonchev–Trinajstić information content (AvgIpc) is 2.17. The third kappa shape index (κ3) is 1.71. The third-order valence-corrected chi connectivity index (χ3v) is 1.69. The smallest absolute Gasteiger partial charge is 0.159 e. The van der Waals surface area contributed by atoms with E-state index in [9.17, 15) is 0 Å². The van der Waals surface area contributed by atoms with Crippen molar-refractivity contribution in [3.63, 3.8) is 0 Å². The molecule has 0 radical (unpaired) electrons. The minimum Gasteiger partial charge on any atom is -0.344 e. The Kier molecular flexibility index (Phi) is 2.72. The van der Waals surface area contributed by atoms with E-state index in [1.807, 2.05) is 24.3 Å². The molecule has 0 unspecified atom stereocenters. The number of hydrogen-bond donors (Lipinski definition) is 1. The molecule has 0 saturated heterocycles. The molecule has 0 aliphatic rings. The summed E-state index contributed by atoms with van der Waals surface area (Å²) in [5.74, 6) is 0. The Balaban J connectivity index is 0.000000845. The van der Waals surface area contributed by atoms with Crippen LogP contribution in [0.1, 0.15) is 5.69 Å². The van der Waals surface area contributed by atoms with E-state index >= 15 is 0 Å². The molecular weight excluding hydrogens is 162 g/mol. The van der Waals surface area contributed by atoms with Gasteiger partial charge in [0.25, 0.3) is 0 Å². The van der Waals surface area contributed by atoms with Crippen molar-refractivity contribution in [3.8, 4) is 0 Å². The predicted molar refractivity (Wildman–Crippen MR) is 54.7 cm³/mol. The lowest BCUT2D eigenvalue weighted by atomic mass is 10.2. The Hall–Kier alpha value is -1.74. The molecule has 3 heteroatoms. The van der Waals surface area contributed by atoms with Crippen LogP contribution in [0.25, 0.3) is 17.1 Å². The SMILES string of the molecule is C=Cc1ccc2cccnc2n1.N. The van der Waals surface area contributed by atoms with Crippen LogP contribution in [-0.4, -0.2) is 9.97 Å². The molecular formula is C10H11N3. The van der Waals surface area contributed by atoms with Crippen molar-refractivity contribution < 1.29 is 0 Å². The monoisotopic (exact) mass is 173 g/mol. The maximum atomic E-state index is 4.26. The first kappa shape index (κ1) is 9.35. The quantitative estimate of drug-likeness (QED) is 0.720. The molecule has 66 valence electrons. The molecule has 0 aromatic carbocycles. The van der Waals surface area contributed by atoms with Crippen LogP contribution in [0.2, 0.25) is 0 Å². The lowest BCUT2D eigenvalue weighted by molar-refractivity contribution is 1.27. The van der Waals surface area contributed by atoms with Gasteiger partial charge in [0.15, 0.2) is 5.65 Å². The Morgan fingerprint density at radius 2 is 2.08 bits per heavy atom. The number of aromatic nitrogens is 2. The second-order valence-electron chi connectivity index (χ2n) is 2.49. The molecule has 3 N–H and O–H groups in total. The molecule has 2 rings (SSSR count). The van der Waals surface area contributed by atoms with Gasteiger partial charge >= 0.3 is 0 Å². The molecule has 0 spiro atoms. The van der Waals surface area contributed by atoms with Crippen molar-refractivity contribution >= 4 is 17.1 Å². The van der Waals surface area contributed by atoms with E-state index in [4.69, 9.17) is 0 Å². The van der Waals surface area contributed by atoms with Crippen molar-refractivity contribution in [1.82, 2.24) is 16.1 Å². The van der Waals surface area contributed by atoms with Gasteiger partial charge in [-0.15, -0.1) is 0 Å². The molecule has 0 fully saturated rings. The van der Waals surface area contributed by atoms with Crippen LogP contribution < -0.4 is 6.15 Å². The highest BCUT2D eigenvalue weighted by atomic mass is 14.8. The number of rotatable bonds is 1. The first-order chi connectivity index (χ1) is 5.90. The topological polar surface area (TPSA) is 60.8 Å². The van der Waals surface area contributed by atoms with Crippen LogP contribution in [0.15, 0.2) is 37.0 Å². The van der Waals surface area contributed by atoms with Gasteiger partial charge in [-0.2, -0.15) is 0 Å². The Morgan fingerprint density at radius 1 is 1.23 bits per heavy atom. The van der Waals surface area contributed by atoms with Gasteiger partial charge in [0.05, 0.1) is 5.69 Å². The number of hydrogen-bond acceptors (Lipinski definition) is 3. The van der Waals surface area contributed by atoms with E-state index in [-0.39, 0.29) is 6.15 Å². The summed E-state index contributed by atoms with van der Waals surface area (Å²) in [6.45, 7) is 3.65. The molecule has 2 aromatic rings. The lowest BCUT2D eigenvalue weighted by Gasteiger charge is -1.95. The van der Waals surface area contributed by atoms with Gasteiger partial charge in [-0.05, 0) is 30.3 Å². The van der Waals surface area contributed by atoms with Gasteiger partial charge < -0.3 is 6.15 Å². The van der Waals surface area contributed by atoms with Crippen LogP contribution >= 0.6 is 0 Å². The number of pyridine rings is 2. The summed E-state index contributed by atoms with van der Waals surface area (Å²) < 4.78 is 0. The van der Waals surface area contributed by atoms with Gasteiger partial charge in [-0.1, -0.05) is 6.58 Å². The minimum absolute atomic E-state index is 0. The second kappa shape index (κ2) is 3.78. The normalized spacial score (nSPS) is 9.23. The molecule has 0 bridgehead atoms. The lowest BCUT2D eigenvalue weighted by Crippen LogP contribution is -1.84. The van der Waals surface area contributed by atoms with E-state index in [1.165, 1.54) is 0 Å². The molecule has 2 heterocycles. The van der Waals surface area contributed by atoms with E-state index in [0.29, 0.717) is 0 Å². The highest BCUT2D eigenvalue weighted by Crippen LogP contribution is 2.09. The third-order valence-electron chi connectivity index (χ3n) is 1.69.